The van der Waals surface area contributed by atoms with E-state index in [0.29, 0.717) is 25.1 Å². The van der Waals surface area contributed by atoms with Crippen molar-refractivity contribution in [3.63, 3.8) is 0 Å². The summed E-state index contributed by atoms with van der Waals surface area (Å²) < 4.78 is 0. The molecule has 1 aromatic carbocycles. The first-order valence-electron chi connectivity index (χ1n) is 9.09. The van der Waals surface area contributed by atoms with E-state index in [2.05, 4.69) is 4.90 Å². The number of carbonyl (C=O) groups excluding carboxylic acids is 1. The van der Waals surface area contributed by atoms with E-state index in [1.807, 2.05) is 38.4 Å². The summed E-state index contributed by atoms with van der Waals surface area (Å²) in [6, 6.07) is 7.61. The van der Waals surface area contributed by atoms with Gasteiger partial charge in [0.1, 0.15) is 0 Å². The van der Waals surface area contributed by atoms with Gasteiger partial charge < -0.3 is 20.0 Å². The number of piperidine rings is 1. The second-order valence-electron chi connectivity index (χ2n) is 8.14. The fourth-order valence-corrected chi connectivity index (χ4v) is 3.34. The third-order valence-corrected chi connectivity index (χ3v) is 4.81. The van der Waals surface area contributed by atoms with Crippen molar-refractivity contribution in [2.24, 2.45) is 5.92 Å². The highest BCUT2D eigenvalue weighted by molar-refractivity contribution is 5.94. The van der Waals surface area contributed by atoms with Crippen molar-refractivity contribution in [2.75, 3.05) is 33.7 Å². The SMILES string of the molecule is CN(C)C[C@@H]1CCN(C(=O)c2cccc(CCC(C)(C)O)c2)C[C@H]1O. The Morgan fingerprint density at radius 1 is 1.36 bits per heavy atom. The monoisotopic (exact) mass is 348 g/mol. The topological polar surface area (TPSA) is 64.0 Å². The van der Waals surface area contributed by atoms with E-state index in [9.17, 15) is 15.0 Å². The number of aryl methyl sites for hydroxylation is 1. The highest BCUT2D eigenvalue weighted by Crippen LogP contribution is 2.21. The predicted octanol–water partition coefficient (Wildman–Crippen LogP) is 1.77. The fourth-order valence-electron chi connectivity index (χ4n) is 3.34. The van der Waals surface area contributed by atoms with Crippen molar-refractivity contribution >= 4 is 5.91 Å². The summed E-state index contributed by atoms with van der Waals surface area (Å²) in [6.45, 7) is 5.51. The molecule has 1 fully saturated rings. The standard InChI is InChI=1S/C20H32N2O3/c1-20(2,25)10-8-15-6-5-7-16(12-15)19(24)22-11-9-17(13-21(3)4)18(23)14-22/h5-7,12,17-18,23,25H,8-11,13-14H2,1-4H3/t17-,18+/m0/s1. The molecule has 2 N–H and O–H groups in total. The van der Waals surface area contributed by atoms with Crippen LogP contribution in [0.5, 0.6) is 0 Å². The van der Waals surface area contributed by atoms with Crippen LogP contribution in [-0.2, 0) is 6.42 Å². The minimum atomic E-state index is -0.710. The Kier molecular flexibility index (Phi) is 6.60. The van der Waals surface area contributed by atoms with Crippen LogP contribution in [0, 0.1) is 5.92 Å². The maximum absolute atomic E-state index is 12.8. The van der Waals surface area contributed by atoms with Gasteiger partial charge >= 0.3 is 0 Å². The summed E-state index contributed by atoms with van der Waals surface area (Å²) in [4.78, 5) is 16.6. The largest absolute Gasteiger partial charge is 0.391 e. The Balaban J connectivity index is 1.99. The van der Waals surface area contributed by atoms with Crippen LogP contribution >= 0.6 is 0 Å². The van der Waals surface area contributed by atoms with Crippen LogP contribution < -0.4 is 0 Å². The number of benzene rings is 1. The number of amides is 1. The molecule has 25 heavy (non-hydrogen) atoms. The summed E-state index contributed by atoms with van der Waals surface area (Å²) in [5.41, 5.74) is 1.00. The van der Waals surface area contributed by atoms with E-state index in [0.717, 1.165) is 24.9 Å². The Morgan fingerprint density at radius 2 is 2.08 bits per heavy atom. The van der Waals surface area contributed by atoms with Gasteiger partial charge in [0.15, 0.2) is 0 Å². The number of β-amino-alcohol motifs (C(OH)–C–C–N with tert-alkyl or cyclic N) is 1. The molecule has 0 saturated carbocycles. The number of rotatable bonds is 6. The van der Waals surface area contributed by atoms with E-state index in [1.54, 1.807) is 18.7 Å². The van der Waals surface area contributed by atoms with Crippen molar-refractivity contribution in [1.29, 1.82) is 0 Å². The van der Waals surface area contributed by atoms with Crippen molar-refractivity contribution < 1.29 is 15.0 Å². The number of hydrogen-bond acceptors (Lipinski definition) is 4. The molecule has 1 aliphatic heterocycles. The first-order valence-corrected chi connectivity index (χ1v) is 9.09. The van der Waals surface area contributed by atoms with Gasteiger partial charge in [0, 0.05) is 31.1 Å². The molecule has 1 heterocycles. The maximum Gasteiger partial charge on any atom is 0.253 e. The van der Waals surface area contributed by atoms with E-state index in [1.165, 1.54) is 0 Å². The smallest absolute Gasteiger partial charge is 0.253 e. The molecule has 2 atom stereocenters. The zero-order valence-electron chi connectivity index (χ0n) is 15.9. The lowest BCUT2D eigenvalue weighted by Gasteiger charge is -2.37. The number of nitrogens with zero attached hydrogens (tertiary/aromatic N) is 2. The van der Waals surface area contributed by atoms with Crippen molar-refractivity contribution in [2.45, 2.75) is 44.8 Å². The van der Waals surface area contributed by atoms with Gasteiger partial charge in [-0.1, -0.05) is 12.1 Å². The van der Waals surface area contributed by atoms with Crippen LogP contribution in [-0.4, -0.2) is 71.4 Å². The minimum absolute atomic E-state index is 0.0209. The highest BCUT2D eigenvalue weighted by Gasteiger charge is 2.30. The lowest BCUT2D eigenvalue weighted by molar-refractivity contribution is 0.0124. The van der Waals surface area contributed by atoms with Crippen LogP contribution in [0.4, 0.5) is 0 Å². The van der Waals surface area contributed by atoms with Gasteiger partial charge in [0.2, 0.25) is 0 Å². The Morgan fingerprint density at radius 3 is 2.68 bits per heavy atom. The van der Waals surface area contributed by atoms with Crippen LogP contribution in [0.15, 0.2) is 24.3 Å². The molecule has 5 heteroatoms. The first kappa shape index (κ1) is 19.9. The molecular weight excluding hydrogens is 316 g/mol. The molecule has 1 saturated heterocycles. The molecule has 0 radical (unpaired) electrons. The molecule has 140 valence electrons. The summed E-state index contributed by atoms with van der Waals surface area (Å²) >= 11 is 0. The summed E-state index contributed by atoms with van der Waals surface area (Å²) in [7, 11) is 4.01. The van der Waals surface area contributed by atoms with Crippen molar-refractivity contribution in [3.8, 4) is 0 Å². The quantitative estimate of drug-likeness (QED) is 0.822. The van der Waals surface area contributed by atoms with Gasteiger partial charge in [-0.2, -0.15) is 0 Å². The van der Waals surface area contributed by atoms with Gasteiger partial charge in [-0.25, -0.2) is 0 Å². The number of hydrogen-bond donors (Lipinski definition) is 2. The summed E-state index contributed by atoms with van der Waals surface area (Å²) in [5, 5.41) is 20.2. The molecule has 0 aromatic heterocycles. The van der Waals surface area contributed by atoms with Gasteiger partial charge in [-0.05, 0) is 64.9 Å². The molecule has 0 spiro atoms. The van der Waals surface area contributed by atoms with E-state index in [4.69, 9.17) is 0 Å². The Bertz CT molecular complexity index is 581. The highest BCUT2D eigenvalue weighted by atomic mass is 16.3. The molecule has 2 rings (SSSR count). The van der Waals surface area contributed by atoms with E-state index < -0.39 is 11.7 Å². The lowest BCUT2D eigenvalue weighted by Crippen LogP contribution is -2.49. The van der Waals surface area contributed by atoms with Crippen LogP contribution in [0.25, 0.3) is 0 Å². The molecule has 0 bridgehead atoms. The molecule has 1 aliphatic rings. The first-order chi connectivity index (χ1) is 11.7. The molecule has 5 nitrogen and oxygen atoms in total. The van der Waals surface area contributed by atoms with Crippen molar-refractivity contribution in [1.82, 2.24) is 9.80 Å². The maximum atomic E-state index is 12.8. The predicted molar refractivity (Wildman–Crippen MR) is 99.6 cm³/mol. The fraction of sp³-hybridized carbons (Fsp3) is 0.650. The average Bonchev–Trinajstić information content (AvgIpc) is 2.53. The second kappa shape index (κ2) is 8.30. The molecule has 1 amide bonds. The zero-order valence-corrected chi connectivity index (χ0v) is 15.9. The number of carbonyl (C=O) groups is 1. The van der Waals surface area contributed by atoms with Crippen molar-refractivity contribution in [3.05, 3.63) is 35.4 Å². The van der Waals surface area contributed by atoms with Gasteiger partial charge in [-0.15, -0.1) is 0 Å². The Hall–Kier alpha value is -1.43. The number of likely N-dealkylation sites (tertiary alicyclic amines) is 1. The van der Waals surface area contributed by atoms with Crippen LogP contribution in [0.3, 0.4) is 0 Å². The second-order valence-corrected chi connectivity index (χ2v) is 8.14. The summed E-state index contributed by atoms with van der Waals surface area (Å²) in [5.74, 6) is 0.199. The molecule has 0 unspecified atom stereocenters. The number of aliphatic hydroxyl groups excluding tert-OH is 1. The zero-order chi connectivity index (χ0) is 18.6. The van der Waals surface area contributed by atoms with Gasteiger partial charge in [0.05, 0.1) is 11.7 Å². The average molecular weight is 348 g/mol. The van der Waals surface area contributed by atoms with Gasteiger partial charge in [0.25, 0.3) is 5.91 Å². The van der Waals surface area contributed by atoms with Crippen LogP contribution in [0.1, 0.15) is 42.6 Å². The third-order valence-electron chi connectivity index (χ3n) is 4.81. The third kappa shape index (κ3) is 6.10. The molecular formula is C20H32N2O3. The molecule has 1 aromatic rings. The van der Waals surface area contributed by atoms with Gasteiger partial charge in [-0.3, -0.25) is 4.79 Å². The van der Waals surface area contributed by atoms with Crippen LogP contribution in [0.2, 0.25) is 0 Å². The van der Waals surface area contributed by atoms with E-state index in [-0.39, 0.29) is 11.8 Å². The Labute approximate surface area is 151 Å². The lowest BCUT2D eigenvalue weighted by atomic mass is 9.92. The normalized spacial score (nSPS) is 21.6. The number of aliphatic hydroxyl groups is 2. The minimum Gasteiger partial charge on any atom is -0.391 e. The molecule has 0 aliphatic carbocycles. The summed E-state index contributed by atoms with van der Waals surface area (Å²) in [6.07, 6.45) is 1.74. The van der Waals surface area contributed by atoms with E-state index >= 15 is 0 Å².